The van der Waals surface area contributed by atoms with Crippen LogP contribution < -0.4 is 10.1 Å². The van der Waals surface area contributed by atoms with E-state index in [0.717, 1.165) is 47.8 Å². The van der Waals surface area contributed by atoms with Gasteiger partial charge in [-0.05, 0) is 62.4 Å². The minimum Gasteiger partial charge on any atom is -0.493 e. The highest BCUT2D eigenvalue weighted by Gasteiger charge is 2.18. The van der Waals surface area contributed by atoms with Gasteiger partial charge >= 0.3 is 0 Å². The molecule has 3 rings (SSSR count). The first-order valence-corrected chi connectivity index (χ1v) is 8.11. The first kappa shape index (κ1) is 15.6. The summed E-state index contributed by atoms with van der Waals surface area (Å²) in [5.74, 6) is 0.853. The molecule has 5 heteroatoms. The topological polar surface area (TPSA) is 67.0 Å². The number of rotatable bonds is 4. The van der Waals surface area contributed by atoms with Crippen LogP contribution in [0.4, 0.5) is 5.69 Å². The number of carbonyl (C=O) groups is 1. The monoisotopic (exact) mass is 313 g/mol. The van der Waals surface area contributed by atoms with Crippen molar-refractivity contribution in [1.82, 2.24) is 10.2 Å². The SMILES string of the molecule is Cc1n[nH]c(C)c1C[C@H](C)C(=O)Nc1ccc2c(c1)CCCO2. The van der Waals surface area contributed by atoms with Crippen LogP contribution in [0.1, 0.15) is 35.9 Å². The zero-order valence-electron chi connectivity index (χ0n) is 13.9. The highest BCUT2D eigenvalue weighted by atomic mass is 16.5. The van der Waals surface area contributed by atoms with E-state index in [2.05, 4.69) is 15.5 Å². The second-order valence-corrected chi connectivity index (χ2v) is 6.28. The fourth-order valence-electron chi connectivity index (χ4n) is 2.98. The predicted molar refractivity (Wildman–Crippen MR) is 89.8 cm³/mol. The van der Waals surface area contributed by atoms with Crippen molar-refractivity contribution in [3.8, 4) is 5.75 Å². The molecule has 0 aliphatic carbocycles. The van der Waals surface area contributed by atoms with E-state index in [9.17, 15) is 4.79 Å². The summed E-state index contributed by atoms with van der Waals surface area (Å²) in [4.78, 5) is 12.5. The summed E-state index contributed by atoms with van der Waals surface area (Å²) in [6.45, 7) is 6.68. The number of nitrogens with one attached hydrogen (secondary N) is 2. The molecule has 5 nitrogen and oxygen atoms in total. The number of benzene rings is 1. The summed E-state index contributed by atoms with van der Waals surface area (Å²) in [5.41, 5.74) is 5.14. The van der Waals surface area contributed by atoms with Crippen molar-refractivity contribution in [1.29, 1.82) is 0 Å². The Kier molecular flexibility index (Phi) is 4.37. The van der Waals surface area contributed by atoms with Crippen LogP contribution in [0.25, 0.3) is 0 Å². The average Bonchev–Trinajstić information content (AvgIpc) is 2.86. The van der Waals surface area contributed by atoms with E-state index in [-0.39, 0.29) is 11.8 Å². The molecule has 0 unspecified atom stereocenters. The molecule has 23 heavy (non-hydrogen) atoms. The maximum Gasteiger partial charge on any atom is 0.227 e. The molecule has 1 amide bonds. The van der Waals surface area contributed by atoms with Gasteiger partial charge in [-0.3, -0.25) is 9.89 Å². The minimum atomic E-state index is -0.114. The number of amides is 1. The smallest absolute Gasteiger partial charge is 0.227 e. The maximum atomic E-state index is 12.5. The van der Waals surface area contributed by atoms with Crippen molar-refractivity contribution >= 4 is 11.6 Å². The molecular formula is C18H23N3O2. The Labute approximate surface area is 136 Å². The molecule has 1 aromatic carbocycles. The van der Waals surface area contributed by atoms with Crippen molar-refractivity contribution in [2.75, 3.05) is 11.9 Å². The zero-order chi connectivity index (χ0) is 16.4. The molecular weight excluding hydrogens is 290 g/mol. The first-order chi connectivity index (χ1) is 11.0. The Morgan fingerprint density at radius 1 is 1.43 bits per heavy atom. The summed E-state index contributed by atoms with van der Waals surface area (Å²) in [5, 5.41) is 10.2. The van der Waals surface area contributed by atoms with Crippen LogP contribution in [-0.2, 0) is 17.6 Å². The average molecular weight is 313 g/mol. The quantitative estimate of drug-likeness (QED) is 0.911. The van der Waals surface area contributed by atoms with Crippen molar-refractivity contribution in [3.05, 3.63) is 40.7 Å². The van der Waals surface area contributed by atoms with Gasteiger partial charge in [0.15, 0.2) is 0 Å². The van der Waals surface area contributed by atoms with E-state index < -0.39 is 0 Å². The van der Waals surface area contributed by atoms with Crippen LogP contribution in [-0.4, -0.2) is 22.7 Å². The van der Waals surface area contributed by atoms with E-state index in [4.69, 9.17) is 4.74 Å². The van der Waals surface area contributed by atoms with Gasteiger partial charge in [0.05, 0.1) is 12.3 Å². The normalized spacial score (nSPS) is 14.7. The molecule has 0 saturated heterocycles. The number of carbonyl (C=O) groups excluding carboxylic acids is 1. The number of fused-ring (bicyclic) bond motifs is 1. The largest absolute Gasteiger partial charge is 0.493 e. The predicted octanol–water partition coefficient (Wildman–Crippen LogP) is 3.17. The van der Waals surface area contributed by atoms with Crippen LogP contribution >= 0.6 is 0 Å². The molecule has 0 bridgehead atoms. The maximum absolute atomic E-state index is 12.5. The van der Waals surface area contributed by atoms with E-state index in [0.29, 0.717) is 6.42 Å². The molecule has 0 radical (unpaired) electrons. The molecule has 0 fully saturated rings. The fourth-order valence-corrected chi connectivity index (χ4v) is 2.98. The van der Waals surface area contributed by atoms with Gasteiger partial charge in [-0.2, -0.15) is 5.10 Å². The van der Waals surface area contributed by atoms with Crippen LogP contribution in [0.3, 0.4) is 0 Å². The molecule has 1 atom stereocenters. The van der Waals surface area contributed by atoms with Gasteiger partial charge in [-0.15, -0.1) is 0 Å². The van der Waals surface area contributed by atoms with Crippen molar-refractivity contribution < 1.29 is 9.53 Å². The van der Waals surface area contributed by atoms with Gasteiger partial charge in [-0.25, -0.2) is 0 Å². The van der Waals surface area contributed by atoms with Crippen LogP contribution in [0, 0.1) is 19.8 Å². The van der Waals surface area contributed by atoms with Gasteiger partial charge in [0.2, 0.25) is 5.91 Å². The molecule has 2 heterocycles. The fraction of sp³-hybridized carbons (Fsp3) is 0.444. The van der Waals surface area contributed by atoms with Crippen molar-refractivity contribution in [2.45, 2.75) is 40.0 Å². The minimum absolute atomic E-state index is 0.0293. The summed E-state index contributed by atoms with van der Waals surface area (Å²) >= 11 is 0. The first-order valence-electron chi connectivity index (χ1n) is 8.11. The number of aromatic amines is 1. The van der Waals surface area contributed by atoms with Gasteiger partial charge < -0.3 is 10.1 Å². The van der Waals surface area contributed by atoms with Gasteiger partial charge in [0.1, 0.15) is 5.75 Å². The number of aryl methyl sites for hydroxylation is 3. The highest BCUT2D eigenvalue weighted by Crippen LogP contribution is 2.28. The molecule has 1 aromatic heterocycles. The number of H-pyrrole nitrogens is 1. The van der Waals surface area contributed by atoms with Gasteiger partial charge in [-0.1, -0.05) is 6.92 Å². The van der Waals surface area contributed by atoms with Crippen LogP contribution in [0.5, 0.6) is 5.75 Å². The molecule has 0 saturated carbocycles. The number of nitrogens with zero attached hydrogens (tertiary/aromatic N) is 1. The van der Waals surface area contributed by atoms with E-state index in [1.165, 1.54) is 5.56 Å². The van der Waals surface area contributed by atoms with Gasteiger partial charge in [0, 0.05) is 17.3 Å². The third-order valence-corrected chi connectivity index (χ3v) is 4.41. The third kappa shape index (κ3) is 3.38. The summed E-state index contributed by atoms with van der Waals surface area (Å²) in [6.07, 6.45) is 2.72. The molecule has 0 spiro atoms. The summed E-state index contributed by atoms with van der Waals surface area (Å²) in [6, 6.07) is 5.87. The molecule has 2 N–H and O–H groups in total. The van der Waals surface area contributed by atoms with Gasteiger partial charge in [0.25, 0.3) is 0 Å². The van der Waals surface area contributed by atoms with Crippen LogP contribution in [0.2, 0.25) is 0 Å². The van der Waals surface area contributed by atoms with Crippen molar-refractivity contribution in [2.24, 2.45) is 5.92 Å². The number of aromatic nitrogens is 2. The Balaban J connectivity index is 1.66. The van der Waals surface area contributed by atoms with E-state index in [1.807, 2.05) is 39.0 Å². The lowest BCUT2D eigenvalue weighted by Gasteiger charge is -2.19. The third-order valence-electron chi connectivity index (χ3n) is 4.41. The Morgan fingerprint density at radius 2 is 2.26 bits per heavy atom. The molecule has 1 aliphatic heterocycles. The number of anilines is 1. The van der Waals surface area contributed by atoms with Crippen molar-refractivity contribution in [3.63, 3.8) is 0 Å². The summed E-state index contributed by atoms with van der Waals surface area (Å²) in [7, 11) is 0. The molecule has 122 valence electrons. The Morgan fingerprint density at radius 3 is 3.00 bits per heavy atom. The Hall–Kier alpha value is -2.30. The standard InChI is InChI=1S/C18H23N3O2/c1-11(9-16-12(2)20-21-13(16)3)18(22)19-15-6-7-17-14(10-15)5-4-8-23-17/h6-7,10-11H,4-5,8-9H2,1-3H3,(H,19,22)(H,20,21)/t11-/m0/s1. The van der Waals surface area contributed by atoms with Crippen LogP contribution in [0.15, 0.2) is 18.2 Å². The number of hydrogen-bond donors (Lipinski definition) is 2. The second kappa shape index (κ2) is 6.44. The lowest BCUT2D eigenvalue weighted by molar-refractivity contribution is -0.119. The number of hydrogen-bond acceptors (Lipinski definition) is 3. The highest BCUT2D eigenvalue weighted by molar-refractivity contribution is 5.92. The Bertz CT molecular complexity index is 702. The number of ether oxygens (including phenoxy) is 1. The molecule has 2 aromatic rings. The summed E-state index contributed by atoms with van der Waals surface area (Å²) < 4.78 is 5.60. The lowest BCUT2D eigenvalue weighted by atomic mass is 9.98. The molecule has 1 aliphatic rings. The van der Waals surface area contributed by atoms with E-state index in [1.54, 1.807) is 0 Å². The second-order valence-electron chi connectivity index (χ2n) is 6.28. The zero-order valence-corrected chi connectivity index (χ0v) is 13.9. The lowest BCUT2D eigenvalue weighted by Crippen LogP contribution is -2.22. The van der Waals surface area contributed by atoms with E-state index >= 15 is 0 Å².